The normalized spacial score (nSPS) is 11.6. The summed E-state index contributed by atoms with van der Waals surface area (Å²) in [7, 11) is 1.30. The van der Waals surface area contributed by atoms with E-state index in [0.717, 1.165) is 0 Å². The molecule has 1 unspecified atom stereocenters. The minimum atomic E-state index is -0.629. The summed E-state index contributed by atoms with van der Waals surface area (Å²) < 4.78 is 6.18. The van der Waals surface area contributed by atoms with E-state index in [9.17, 15) is 9.59 Å². The number of nitrogens with one attached hydrogen (secondary N) is 1. The van der Waals surface area contributed by atoms with Crippen molar-refractivity contribution in [2.75, 3.05) is 7.11 Å². The number of nitrogens with zero attached hydrogens (tertiary/aromatic N) is 4. The Morgan fingerprint density at radius 3 is 2.74 bits per heavy atom. The number of hydrogen-bond donors (Lipinski definition) is 1. The third kappa shape index (κ3) is 4.48. The van der Waals surface area contributed by atoms with E-state index in [1.807, 2.05) is 0 Å². The van der Waals surface area contributed by atoms with E-state index in [4.69, 9.17) is 16.3 Å². The van der Waals surface area contributed by atoms with Gasteiger partial charge in [0, 0.05) is 10.6 Å². The zero-order valence-electron chi connectivity index (χ0n) is 14.4. The summed E-state index contributed by atoms with van der Waals surface area (Å²) in [6.45, 7) is 0. The Hall–Kier alpha value is -3.26. The second kappa shape index (κ2) is 8.41. The van der Waals surface area contributed by atoms with Crippen molar-refractivity contribution in [1.29, 1.82) is 0 Å². The van der Waals surface area contributed by atoms with Crippen molar-refractivity contribution >= 4 is 23.5 Å². The van der Waals surface area contributed by atoms with Crippen molar-refractivity contribution < 1.29 is 14.3 Å². The Balaban J connectivity index is 1.85. The molecule has 8 nitrogen and oxygen atoms in total. The van der Waals surface area contributed by atoms with Gasteiger partial charge in [0.15, 0.2) is 0 Å². The third-order valence-electron chi connectivity index (χ3n) is 3.91. The van der Waals surface area contributed by atoms with Gasteiger partial charge < -0.3 is 10.1 Å². The molecule has 1 aromatic heterocycles. The van der Waals surface area contributed by atoms with Crippen LogP contribution in [0.25, 0.3) is 5.69 Å². The van der Waals surface area contributed by atoms with Crippen molar-refractivity contribution in [3.05, 3.63) is 71.0 Å². The zero-order valence-corrected chi connectivity index (χ0v) is 15.1. The number of methoxy groups -OCH3 is 1. The van der Waals surface area contributed by atoms with Crippen molar-refractivity contribution in [3.63, 3.8) is 0 Å². The van der Waals surface area contributed by atoms with E-state index >= 15 is 0 Å². The van der Waals surface area contributed by atoms with Gasteiger partial charge in [-0.3, -0.25) is 9.59 Å². The first-order valence-corrected chi connectivity index (χ1v) is 8.42. The number of benzene rings is 2. The van der Waals surface area contributed by atoms with Crippen LogP contribution < -0.4 is 5.32 Å². The maximum atomic E-state index is 12.8. The maximum Gasteiger partial charge on any atom is 0.307 e. The molecule has 27 heavy (non-hydrogen) atoms. The average Bonchev–Trinajstić information content (AvgIpc) is 3.22. The highest BCUT2D eigenvalue weighted by molar-refractivity contribution is 6.31. The molecule has 0 radical (unpaired) electrons. The molecule has 0 aliphatic carbocycles. The molecule has 1 N–H and O–H groups in total. The molecular weight excluding hydrogens is 370 g/mol. The van der Waals surface area contributed by atoms with Crippen LogP contribution in [-0.2, 0) is 9.53 Å². The highest BCUT2D eigenvalue weighted by atomic mass is 35.5. The summed E-state index contributed by atoms with van der Waals surface area (Å²) in [6.07, 6.45) is 1.39. The van der Waals surface area contributed by atoms with E-state index in [1.54, 1.807) is 48.5 Å². The number of carbonyl (C=O) groups excluding carboxylic acids is 2. The second-order valence-corrected chi connectivity index (χ2v) is 6.04. The Bertz CT molecular complexity index is 946. The first kappa shape index (κ1) is 18.5. The van der Waals surface area contributed by atoms with Gasteiger partial charge in [-0.1, -0.05) is 35.9 Å². The molecule has 9 heteroatoms. The minimum absolute atomic E-state index is 0.0430. The lowest BCUT2D eigenvalue weighted by molar-refractivity contribution is -0.141. The zero-order chi connectivity index (χ0) is 19.2. The van der Waals surface area contributed by atoms with Gasteiger partial charge in [0.25, 0.3) is 5.91 Å². The molecule has 3 rings (SSSR count). The molecule has 1 heterocycles. The lowest BCUT2D eigenvalue weighted by Crippen LogP contribution is -2.30. The van der Waals surface area contributed by atoms with Crippen LogP contribution >= 0.6 is 11.6 Å². The molecule has 0 fully saturated rings. The molecule has 1 amide bonds. The summed E-state index contributed by atoms with van der Waals surface area (Å²) in [4.78, 5) is 24.6. The molecule has 1 atom stereocenters. The fourth-order valence-electron chi connectivity index (χ4n) is 2.56. The lowest BCUT2D eigenvalue weighted by Gasteiger charge is -2.19. The number of aromatic nitrogens is 4. The molecule has 2 aromatic carbocycles. The van der Waals surface area contributed by atoms with Crippen molar-refractivity contribution in [3.8, 4) is 5.69 Å². The van der Waals surface area contributed by atoms with E-state index in [2.05, 4.69) is 20.8 Å². The van der Waals surface area contributed by atoms with E-state index < -0.39 is 12.0 Å². The van der Waals surface area contributed by atoms with Gasteiger partial charge in [0.1, 0.15) is 6.33 Å². The fraction of sp³-hybridized carbons (Fsp3) is 0.167. The molecule has 0 aliphatic heterocycles. The van der Waals surface area contributed by atoms with Gasteiger partial charge in [-0.15, -0.1) is 5.10 Å². The minimum Gasteiger partial charge on any atom is -0.469 e. The van der Waals surface area contributed by atoms with Crippen LogP contribution in [0.4, 0.5) is 0 Å². The second-order valence-electron chi connectivity index (χ2n) is 5.63. The van der Waals surface area contributed by atoms with Gasteiger partial charge in [-0.2, -0.15) is 0 Å². The maximum absolute atomic E-state index is 12.8. The van der Waals surface area contributed by atoms with Gasteiger partial charge in [-0.05, 0) is 40.3 Å². The average molecular weight is 386 g/mol. The van der Waals surface area contributed by atoms with Crippen molar-refractivity contribution in [2.45, 2.75) is 12.5 Å². The van der Waals surface area contributed by atoms with Crippen molar-refractivity contribution in [2.24, 2.45) is 0 Å². The predicted octanol–water partition coefficient (Wildman–Crippen LogP) is 2.35. The van der Waals surface area contributed by atoms with Gasteiger partial charge >= 0.3 is 5.97 Å². The van der Waals surface area contributed by atoms with E-state index in [0.29, 0.717) is 21.8 Å². The highest BCUT2D eigenvalue weighted by Crippen LogP contribution is 2.26. The summed E-state index contributed by atoms with van der Waals surface area (Å²) in [5.74, 6) is -0.818. The number of hydrogen-bond acceptors (Lipinski definition) is 6. The molecule has 0 spiro atoms. The van der Waals surface area contributed by atoms with E-state index in [1.165, 1.54) is 18.1 Å². The Labute approximate surface area is 160 Å². The summed E-state index contributed by atoms with van der Waals surface area (Å²) in [5.41, 5.74) is 1.66. The van der Waals surface area contributed by atoms with Crippen LogP contribution in [-0.4, -0.2) is 39.2 Å². The summed E-state index contributed by atoms with van der Waals surface area (Å²) >= 11 is 6.24. The number of carbonyl (C=O) groups is 2. The number of rotatable bonds is 6. The standard InChI is InChI=1S/C18H16ClN5O3/c1-27-17(25)10-16(14-7-2-3-8-15(14)19)21-18(26)12-5-4-6-13(9-12)24-11-20-22-23-24/h2-9,11,16H,10H2,1H3,(H,21,26). The number of esters is 1. The number of halogens is 1. The number of amides is 1. The first-order valence-electron chi connectivity index (χ1n) is 8.04. The molecule has 0 saturated heterocycles. The van der Waals surface area contributed by atoms with Gasteiger partial charge in [0.2, 0.25) is 0 Å². The number of ether oxygens (including phenoxy) is 1. The first-order chi connectivity index (χ1) is 13.1. The van der Waals surface area contributed by atoms with E-state index in [-0.39, 0.29) is 12.3 Å². The van der Waals surface area contributed by atoms with Crippen LogP contribution in [0.5, 0.6) is 0 Å². The van der Waals surface area contributed by atoms with Crippen LogP contribution in [0.15, 0.2) is 54.9 Å². The molecule has 138 valence electrons. The van der Waals surface area contributed by atoms with Crippen LogP contribution in [0.2, 0.25) is 5.02 Å². The highest BCUT2D eigenvalue weighted by Gasteiger charge is 2.22. The lowest BCUT2D eigenvalue weighted by atomic mass is 10.0. The summed E-state index contributed by atoms with van der Waals surface area (Å²) in [5, 5.41) is 14.3. The summed E-state index contributed by atoms with van der Waals surface area (Å²) in [6, 6.07) is 13.2. The molecule has 0 saturated carbocycles. The third-order valence-corrected chi connectivity index (χ3v) is 4.25. The molecule has 0 aliphatic rings. The van der Waals surface area contributed by atoms with Crippen molar-refractivity contribution in [1.82, 2.24) is 25.5 Å². The smallest absolute Gasteiger partial charge is 0.307 e. The van der Waals surface area contributed by atoms with Gasteiger partial charge in [0.05, 0.1) is 25.3 Å². The molecule has 3 aromatic rings. The fourth-order valence-corrected chi connectivity index (χ4v) is 2.82. The monoisotopic (exact) mass is 385 g/mol. The largest absolute Gasteiger partial charge is 0.469 e. The van der Waals surface area contributed by atoms with Crippen LogP contribution in [0.1, 0.15) is 28.4 Å². The van der Waals surface area contributed by atoms with Gasteiger partial charge in [-0.25, -0.2) is 4.68 Å². The van der Waals surface area contributed by atoms with Crippen LogP contribution in [0, 0.1) is 0 Å². The SMILES string of the molecule is COC(=O)CC(NC(=O)c1cccc(-n2cnnn2)c1)c1ccccc1Cl. The molecule has 0 bridgehead atoms. The Morgan fingerprint density at radius 1 is 1.22 bits per heavy atom. The number of tetrazole rings is 1. The molecular formula is C18H16ClN5O3. The van der Waals surface area contributed by atoms with Crippen LogP contribution in [0.3, 0.4) is 0 Å². The Kier molecular flexibility index (Phi) is 5.77. The predicted molar refractivity (Wildman–Crippen MR) is 97.4 cm³/mol. The Morgan fingerprint density at radius 2 is 2.04 bits per heavy atom. The topological polar surface area (TPSA) is 99.0 Å². The quantitative estimate of drug-likeness (QED) is 0.654.